The molecule has 2 aromatic carbocycles. The van der Waals surface area contributed by atoms with Gasteiger partial charge in [-0.25, -0.2) is 13.9 Å². The van der Waals surface area contributed by atoms with E-state index >= 15 is 4.39 Å². The van der Waals surface area contributed by atoms with Crippen LogP contribution in [0.2, 0.25) is 0 Å². The van der Waals surface area contributed by atoms with Gasteiger partial charge in [0.15, 0.2) is 0 Å². The van der Waals surface area contributed by atoms with E-state index in [4.69, 9.17) is 9.47 Å². The van der Waals surface area contributed by atoms with Crippen LogP contribution < -0.4 is 15.1 Å². The van der Waals surface area contributed by atoms with Gasteiger partial charge in [-0.05, 0) is 30.7 Å². The molecule has 1 atom stereocenters. The molecule has 2 aliphatic rings. The van der Waals surface area contributed by atoms with Crippen molar-refractivity contribution < 1.29 is 23.5 Å². The van der Waals surface area contributed by atoms with Gasteiger partial charge >= 0.3 is 6.09 Å². The number of nitrogens with zero attached hydrogens (tertiary/aromatic N) is 4. The third-order valence-electron chi connectivity index (χ3n) is 6.40. The summed E-state index contributed by atoms with van der Waals surface area (Å²) in [7, 11) is 0. The molecule has 188 valence electrons. The highest BCUT2D eigenvalue weighted by molar-refractivity contribution is 5.90. The van der Waals surface area contributed by atoms with Gasteiger partial charge in [-0.2, -0.15) is 5.10 Å². The summed E-state index contributed by atoms with van der Waals surface area (Å²) in [6.45, 7) is 5.36. The van der Waals surface area contributed by atoms with Crippen LogP contribution in [0.4, 0.5) is 20.6 Å². The molecule has 9 nitrogen and oxygen atoms in total. The largest absolute Gasteiger partial charge is 0.439 e. The van der Waals surface area contributed by atoms with E-state index in [-0.39, 0.29) is 19.0 Å². The van der Waals surface area contributed by atoms with Gasteiger partial charge in [-0.15, -0.1) is 0 Å². The third kappa shape index (κ3) is 4.90. The molecule has 5 rings (SSSR count). The molecule has 1 N–H and O–H groups in total. The van der Waals surface area contributed by atoms with Crippen LogP contribution in [0.25, 0.3) is 0 Å². The van der Waals surface area contributed by atoms with Crippen LogP contribution in [-0.2, 0) is 40.7 Å². The van der Waals surface area contributed by atoms with E-state index in [9.17, 15) is 9.59 Å². The number of anilines is 2. The number of carbonyl (C=O) groups is 2. The lowest BCUT2D eigenvalue weighted by molar-refractivity contribution is -0.119. The summed E-state index contributed by atoms with van der Waals surface area (Å²) in [6, 6.07) is 14.7. The highest BCUT2D eigenvalue weighted by Crippen LogP contribution is 2.34. The number of benzene rings is 2. The molecule has 2 amide bonds. The topological polar surface area (TPSA) is 88.9 Å². The highest BCUT2D eigenvalue weighted by Gasteiger charge is 2.42. The van der Waals surface area contributed by atoms with Crippen molar-refractivity contribution in [3.05, 3.63) is 77.4 Å². The minimum atomic E-state index is -0.886. The Hall–Kier alpha value is -3.92. The summed E-state index contributed by atoms with van der Waals surface area (Å²) in [5, 5.41) is 7.09. The van der Waals surface area contributed by atoms with Crippen LogP contribution in [0.15, 0.2) is 54.7 Å². The minimum Gasteiger partial charge on any atom is -0.439 e. The number of carbonyl (C=O) groups excluding carboxylic acids is 2. The summed E-state index contributed by atoms with van der Waals surface area (Å²) < 4.78 is 28.3. The number of nitrogens with one attached hydrogen (secondary N) is 1. The van der Waals surface area contributed by atoms with Crippen LogP contribution in [0.5, 0.6) is 0 Å². The number of cyclic esters (lactones) is 1. The molecule has 2 aliphatic heterocycles. The molecule has 0 spiro atoms. The van der Waals surface area contributed by atoms with E-state index in [0.717, 1.165) is 16.8 Å². The molecule has 3 heterocycles. The second-order valence-corrected chi connectivity index (χ2v) is 9.38. The number of hydrogen-bond donors (Lipinski definition) is 1. The summed E-state index contributed by atoms with van der Waals surface area (Å²) in [4.78, 5) is 27.0. The standard InChI is InChI=1S/C26H28FN5O4/c1-18(33)28-15-26(2)16-31(25(34)36-26)21-8-9-23(22(27)10-21)30-12-20-11-29-32(24(20)13-30)17-35-14-19-6-4-3-5-7-19/h3-11H,12-17H2,1-2H3,(H,28,33). The number of ether oxygens (including phenoxy) is 2. The fourth-order valence-electron chi connectivity index (χ4n) is 4.53. The second-order valence-electron chi connectivity index (χ2n) is 9.38. The molecule has 36 heavy (non-hydrogen) atoms. The molecule has 1 aromatic heterocycles. The monoisotopic (exact) mass is 493 g/mol. The summed E-state index contributed by atoms with van der Waals surface area (Å²) >= 11 is 0. The smallest absolute Gasteiger partial charge is 0.415 e. The van der Waals surface area contributed by atoms with Crippen LogP contribution >= 0.6 is 0 Å². The molecule has 1 unspecified atom stereocenters. The zero-order chi connectivity index (χ0) is 25.3. The Morgan fingerprint density at radius 3 is 2.78 bits per heavy atom. The summed E-state index contributed by atoms with van der Waals surface area (Å²) in [6.07, 6.45) is 1.23. The number of fused-ring (bicyclic) bond motifs is 1. The molecule has 0 radical (unpaired) electrons. The van der Waals surface area contributed by atoms with Crippen LogP contribution in [0.3, 0.4) is 0 Å². The van der Waals surface area contributed by atoms with Crippen molar-refractivity contribution in [1.29, 1.82) is 0 Å². The second kappa shape index (κ2) is 9.62. The minimum absolute atomic E-state index is 0.184. The lowest BCUT2D eigenvalue weighted by atomic mass is 10.1. The normalized spacial score (nSPS) is 18.9. The molecule has 3 aromatic rings. The van der Waals surface area contributed by atoms with E-state index in [0.29, 0.717) is 37.8 Å². The van der Waals surface area contributed by atoms with Gasteiger partial charge in [-0.1, -0.05) is 30.3 Å². The van der Waals surface area contributed by atoms with Gasteiger partial charge in [0.2, 0.25) is 5.91 Å². The van der Waals surface area contributed by atoms with Crippen molar-refractivity contribution in [3.8, 4) is 0 Å². The molecular formula is C26H28FN5O4. The van der Waals surface area contributed by atoms with Crippen LogP contribution in [0.1, 0.15) is 30.7 Å². The summed E-state index contributed by atoms with van der Waals surface area (Å²) in [5.41, 5.74) is 3.07. The molecule has 0 aliphatic carbocycles. The first-order valence-corrected chi connectivity index (χ1v) is 11.8. The van der Waals surface area contributed by atoms with Crippen molar-refractivity contribution in [2.75, 3.05) is 22.9 Å². The van der Waals surface area contributed by atoms with Crippen molar-refractivity contribution in [1.82, 2.24) is 15.1 Å². The van der Waals surface area contributed by atoms with Gasteiger partial charge in [0, 0.05) is 19.0 Å². The first-order valence-electron chi connectivity index (χ1n) is 11.8. The first-order chi connectivity index (χ1) is 17.3. The van der Waals surface area contributed by atoms with E-state index in [1.807, 2.05) is 35.2 Å². The van der Waals surface area contributed by atoms with Crippen molar-refractivity contribution in [2.45, 2.75) is 45.9 Å². The maximum atomic E-state index is 15.2. The lowest BCUT2D eigenvalue weighted by Crippen LogP contribution is -2.43. The van der Waals surface area contributed by atoms with E-state index in [1.54, 1.807) is 29.9 Å². The Kier molecular flexibility index (Phi) is 6.36. The molecule has 10 heteroatoms. The third-order valence-corrected chi connectivity index (χ3v) is 6.40. The Morgan fingerprint density at radius 1 is 1.22 bits per heavy atom. The SMILES string of the molecule is CC(=O)NCC1(C)CN(c2ccc(N3Cc4cnn(COCc5ccccc5)c4C3)c(F)c2)C(=O)O1. The van der Waals surface area contributed by atoms with Gasteiger partial charge in [0.25, 0.3) is 0 Å². The fraction of sp³-hybridized carbons (Fsp3) is 0.346. The number of hydrogen-bond acceptors (Lipinski definition) is 6. The van der Waals surface area contributed by atoms with Gasteiger partial charge in [0.1, 0.15) is 18.1 Å². The average Bonchev–Trinajstić information content (AvgIpc) is 3.52. The Morgan fingerprint density at radius 2 is 2.03 bits per heavy atom. The Bertz CT molecular complexity index is 1280. The maximum absolute atomic E-state index is 15.2. The predicted octanol–water partition coefficient (Wildman–Crippen LogP) is 3.57. The number of aromatic nitrogens is 2. The Balaban J connectivity index is 1.23. The number of rotatable bonds is 8. The molecule has 1 saturated heterocycles. The van der Waals surface area contributed by atoms with E-state index < -0.39 is 17.5 Å². The lowest BCUT2D eigenvalue weighted by Gasteiger charge is -2.23. The van der Waals surface area contributed by atoms with E-state index in [2.05, 4.69) is 10.4 Å². The number of halogens is 1. The van der Waals surface area contributed by atoms with E-state index in [1.165, 1.54) is 17.9 Å². The van der Waals surface area contributed by atoms with Crippen molar-refractivity contribution in [2.24, 2.45) is 0 Å². The first kappa shape index (κ1) is 23.8. The Labute approximate surface area is 208 Å². The van der Waals surface area contributed by atoms with Crippen LogP contribution in [-0.4, -0.2) is 40.5 Å². The summed E-state index contributed by atoms with van der Waals surface area (Å²) in [5.74, 6) is -0.639. The van der Waals surface area contributed by atoms with Crippen LogP contribution in [0, 0.1) is 5.82 Å². The van der Waals surface area contributed by atoms with Crippen molar-refractivity contribution >= 4 is 23.4 Å². The van der Waals surface area contributed by atoms with Crippen molar-refractivity contribution in [3.63, 3.8) is 0 Å². The number of amides is 2. The quantitative estimate of drug-likeness (QED) is 0.516. The molecule has 1 fully saturated rings. The zero-order valence-corrected chi connectivity index (χ0v) is 20.2. The molecular weight excluding hydrogens is 465 g/mol. The van der Waals surface area contributed by atoms with Gasteiger partial charge in [-0.3, -0.25) is 9.69 Å². The maximum Gasteiger partial charge on any atom is 0.415 e. The molecule has 0 saturated carbocycles. The molecule has 0 bridgehead atoms. The average molecular weight is 494 g/mol. The van der Waals surface area contributed by atoms with Gasteiger partial charge < -0.3 is 19.7 Å². The highest BCUT2D eigenvalue weighted by atomic mass is 19.1. The zero-order valence-electron chi connectivity index (χ0n) is 20.2. The predicted molar refractivity (Wildman–Crippen MR) is 131 cm³/mol. The fourth-order valence-corrected chi connectivity index (χ4v) is 4.53. The van der Waals surface area contributed by atoms with Gasteiger partial charge in [0.05, 0.1) is 49.5 Å².